The summed E-state index contributed by atoms with van der Waals surface area (Å²) in [6, 6.07) is 0. The molecular formula is C43H70O15. The van der Waals surface area contributed by atoms with Gasteiger partial charge < -0.3 is 69.3 Å². The molecule has 332 valence electrons. The molecule has 58 heavy (non-hydrogen) atoms. The van der Waals surface area contributed by atoms with Gasteiger partial charge in [0.25, 0.3) is 0 Å². The van der Waals surface area contributed by atoms with Crippen molar-refractivity contribution in [2.75, 3.05) is 13.2 Å². The smallest absolute Gasteiger partial charge is 0.303 e. The van der Waals surface area contributed by atoms with E-state index in [2.05, 4.69) is 34.6 Å². The Morgan fingerprint density at radius 3 is 2.21 bits per heavy atom. The Morgan fingerprint density at radius 1 is 0.862 bits per heavy atom. The van der Waals surface area contributed by atoms with E-state index in [1.807, 2.05) is 0 Å². The average Bonchev–Trinajstić information content (AvgIpc) is 3.47. The van der Waals surface area contributed by atoms with E-state index in [1.54, 1.807) is 13.8 Å². The van der Waals surface area contributed by atoms with Crippen LogP contribution in [0.4, 0.5) is 0 Å². The van der Waals surface area contributed by atoms with Gasteiger partial charge in [0, 0.05) is 12.8 Å². The highest BCUT2D eigenvalue weighted by Crippen LogP contribution is 2.89. The number of hydrogen-bond acceptors (Lipinski definition) is 15. The Kier molecular flexibility index (Phi) is 10.5. The molecule has 3 saturated heterocycles. The predicted octanol–water partition coefficient (Wildman–Crippen LogP) is 1.64. The molecule has 0 aromatic rings. The van der Waals surface area contributed by atoms with Crippen LogP contribution in [-0.4, -0.2) is 145 Å². The molecule has 2 spiro atoms. The highest BCUT2D eigenvalue weighted by atomic mass is 16.8. The van der Waals surface area contributed by atoms with Crippen molar-refractivity contribution in [3.05, 3.63) is 0 Å². The van der Waals surface area contributed by atoms with E-state index in [0.29, 0.717) is 19.3 Å². The minimum atomic E-state index is -2.91. The summed E-state index contributed by atoms with van der Waals surface area (Å²) < 4.78 is 36.4. The molecule has 0 unspecified atom stereocenters. The quantitative estimate of drug-likeness (QED) is 0.0988. The molecule has 0 aromatic heterocycles. The van der Waals surface area contributed by atoms with Crippen LogP contribution in [0, 0.1) is 44.8 Å². The Labute approximate surface area is 341 Å². The van der Waals surface area contributed by atoms with Crippen LogP contribution in [0.5, 0.6) is 0 Å². The van der Waals surface area contributed by atoms with Gasteiger partial charge >= 0.3 is 5.97 Å². The molecule has 8 rings (SSSR count). The third kappa shape index (κ3) is 6.10. The van der Waals surface area contributed by atoms with Crippen molar-refractivity contribution in [3.8, 4) is 0 Å². The van der Waals surface area contributed by atoms with Gasteiger partial charge in [0.15, 0.2) is 18.5 Å². The molecule has 20 atom stereocenters. The Balaban J connectivity index is 1.12. The number of carbonyl (C=O) groups is 1. The molecule has 8 fully saturated rings. The number of hydrogen-bond donors (Lipinski definition) is 8. The van der Waals surface area contributed by atoms with Crippen LogP contribution in [0.15, 0.2) is 0 Å². The number of esters is 1. The van der Waals surface area contributed by atoms with Crippen LogP contribution in [0.3, 0.4) is 0 Å². The topological polar surface area (TPSA) is 234 Å². The van der Waals surface area contributed by atoms with E-state index in [0.717, 1.165) is 51.9 Å². The second-order valence-electron chi connectivity index (χ2n) is 21.8. The summed E-state index contributed by atoms with van der Waals surface area (Å²) in [6.07, 6.45) is -6.46. The lowest BCUT2D eigenvalue weighted by Gasteiger charge is -2.64. The molecule has 8 N–H and O–H groups in total. The van der Waals surface area contributed by atoms with Crippen molar-refractivity contribution in [2.45, 2.75) is 204 Å². The molecule has 0 radical (unpaired) electrons. The third-order valence-corrected chi connectivity index (χ3v) is 17.8. The monoisotopic (exact) mass is 826 g/mol. The van der Waals surface area contributed by atoms with Crippen LogP contribution in [-0.2, 0) is 33.2 Å². The second-order valence-corrected chi connectivity index (χ2v) is 21.8. The molecule has 0 bridgehead atoms. The molecule has 3 heterocycles. The van der Waals surface area contributed by atoms with Crippen LogP contribution >= 0.6 is 0 Å². The van der Waals surface area contributed by atoms with Crippen LogP contribution in [0.2, 0.25) is 0 Å². The summed E-state index contributed by atoms with van der Waals surface area (Å²) in [5.74, 6) is -3.75. The SMILES string of the molecule is CC(=O)O[C@H]1[C@H](O[C@]2(O)[C@H](O)[C@@H](CO)O[C@@H](O[C@H]3C[C@@H]4[C@@]5(CC[C@]6(C)[C@@H]([C@@]7(C)CC[C@@H](C(C)(C)O)O7)[C@@H](O)C[C@@]46C)C[C@@]54CCCC(C)(C)[C@H]34)[C@@H]2O)OC[C@@H](O)[C@@H]1O. The average molecular weight is 827 g/mol. The van der Waals surface area contributed by atoms with Crippen LogP contribution < -0.4 is 0 Å². The number of rotatable bonds is 8. The number of aliphatic hydroxyl groups is 8. The van der Waals surface area contributed by atoms with Crippen LogP contribution in [0.25, 0.3) is 0 Å². The van der Waals surface area contributed by atoms with Crippen molar-refractivity contribution >= 4 is 5.97 Å². The van der Waals surface area contributed by atoms with Crippen LogP contribution in [0.1, 0.15) is 120 Å². The summed E-state index contributed by atoms with van der Waals surface area (Å²) in [5.41, 5.74) is -2.49. The van der Waals surface area contributed by atoms with Crippen molar-refractivity contribution in [3.63, 3.8) is 0 Å². The lowest BCUT2D eigenvalue weighted by Crippen LogP contribution is -2.71. The summed E-state index contributed by atoms with van der Waals surface area (Å²) in [6.45, 7) is 14.7. The van der Waals surface area contributed by atoms with Gasteiger partial charge in [-0.1, -0.05) is 34.1 Å². The summed E-state index contributed by atoms with van der Waals surface area (Å²) in [7, 11) is 0. The molecular weight excluding hydrogens is 756 g/mol. The molecule has 5 aliphatic carbocycles. The van der Waals surface area contributed by atoms with Crippen molar-refractivity contribution in [2.24, 2.45) is 44.8 Å². The first-order valence-corrected chi connectivity index (χ1v) is 21.8. The van der Waals surface area contributed by atoms with E-state index in [1.165, 1.54) is 0 Å². The molecule has 0 aromatic carbocycles. The molecule has 15 heteroatoms. The zero-order valence-corrected chi connectivity index (χ0v) is 35.5. The Bertz CT molecular complexity index is 1590. The molecule has 0 amide bonds. The van der Waals surface area contributed by atoms with E-state index in [-0.39, 0.29) is 50.9 Å². The minimum Gasteiger partial charge on any atom is -0.454 e. The van der Waals surface area contributed by atoms with E-state index < -0.39 is 97.6 Å². The highest BCUT2D eigenvalue weighted by molar-refractivity contribution is 5.66. The van der Waals surface area contributed by atoms with Gasteiger partial charge in [-0.3, -0.25) is 4.79 Å². The first-order chi connectivity index (χ1) is 26.8. The summed E-state index contributed by atoms with van der Waals surface area (Å²) in [4.78, 5) is 12.0. The zero-order chi connectivity index (χ0) is 42.4. The number of fused-ring (bicyclic) bond motifs is 2. The fourth-order valence-corrected chi connectivity index (χ4v) is 15.2. The largest absolute Gasteiger partial charge is 0.454 e. The highest BCUT2D eigenvalue weighted by Gasteiger charge is 2.84. The van der Waals surface area contributed by atoms with Gasteiger partial charge in [-0.2, -0.15) is 0 Å². The van der Waals surface area contributed by atoms with E-state index in [9.17, 15) is 45.6 Å². The van der Waals surface area contributed by atoms with Gasteiger partial charge in [0.1, 0.15) is 24.4 Å². The number of ether oxygens (including phenoxy) is 6. The number of aliphatic hydroxyl groups excluding tert-OH is 6. The molecule has 5 saturated carbocycles. The van der Waals surface area contributed by atoms with Gasteiger partial charge in [-0.05, 0) is 117 Å². The fourth-order valence-electron chi connectivity index (χ4n) is 15.2. The fraction of sp³-hybridized carbons (Fsp3) is 0.977. The third-order valence-electron chi connectivity index (χ3n) is 17.8. The lowest BCUT2D eigenvalue weighted by atomic mass is 9.41. The Morgan fingerprint density at radius 2 is 1.57 bits per heavy atom. The minimum absolute atomic E-state index is 0.0281. The van der Waals surface area contributed by atoms with Gasteiger partial charge in [0.05, 0.1) is 42.7 Å². The maximum Gasteiger partial charge on any atom is 0.303 e. The van der Waals surface area contributed by atoms with Gasteiger partial charge in [-0.25, -0.2) is 0 Å². The second kappa shape index (κ2) is 14.0. The normalized spacial score (nSPS) is 56.1. The zero-order valence-electron chi connectivity index (χ0n) is 35.5. The standard InChI is InChI=1S/C43H70O15/c1-21(45)54-29-28(48)23(47)19-53-34(29)58-43(52)32(49)25(18-44)56-35(33(43)50)55-24-16-26-39(7)17-22(46)30(40(8)13-10-27(57-40)37(4,5)51)38(39,6)14-15-41(26)20-42(41)12-9-11-36(2,3)31(24)42/h22-35,44,46-52H,9-20H2,1-8H3/t22-,23+,24-,25+,26-,27-,28-,29+,30-,31-,32+,33-,34-,35+,38+,39-,40+,41+,42+,43+/m0/s1. The van der Waals surface area contributed by atoms with Gasteiger partial charge in [-0.15, -0.1) is 0 Å². The first-order valence-electron chi connectivity index (χ1n) is 21.8. The number of carbonyl (C=O) groups excluding carboxylic acids is 1. The predicted molar refractivity (Wildman–Crippen MR) is 203 cm³/mol. The summed E-state index contributed by atoms with van der Waals surface area (Å²) in [5, 5.41) is 89.9. The molecule has 3 aliphatic heterocycles. The van der Waals surface area contributed by atoms with E-state index >= 15 is 0 Å². The van der Waals surface area contributed by atoms with Crippen molar-refractivity contribution in [1.82, 2.24) is 0 Å². The van der Waals surface area contributed by atoms with E-state index in [4.69, 9.17) is 28.4 Å². The molecule has 8 aliphatic rings. The van der Waals surface area contributed by atoms with Crippen molar-refractivity contribution in [1.29, 1.82) is 0 Å². The van der Waals surface area contributed by atoms with Crippen molar-refractivity contribution < 1.29 is 74.1 Å². The molecule has 15 nitrogen and oxygen atoms in total. The summed E-state index contributed by atoms with van der Waals surface area (Å²) >= 11 is 0. The first kappa shape index (κ1) is 43.6. The maximum atomic E-state index is 12.2. The Hall–Kier alpha value is -1.05. The van der Waals surface area contributed by atoms with Gasteiger partial charge in [0.2, 0.25) is 12.1 Å². The maximum absolute atomic E-state index is 12.2. The lowest BCUT2D eigenvalue weighted by molar-refractivity contribution is -0.442.